The molecule has 0 radical (unpaired) electrons. The summed E-state index contributed by atoms with van der Waals surface area (Å²) >= 11 is 0. The van der Waals surface area contributed by atoms with Crippen LogP contribution in [0.2, 0.25) is 0 Å². The lowest BCUT2D eigenvalue weighted by Gasteiger charge is -2.10. The summed E-state index contributed by atoms with van der Waals surface area (Å²) in [4.78, 5) is 10.8. The SMILES string of the molecule is C=CC(=O)OCCOCCOc1ccc2c(OCC)cccc2c1. The predicted octanol–water partition coefficient (Wildman–Crippen LogP) is 3.36. The molecule has 0 atom stereocenters. The van der Waals surface area contributed by atoms with Crippen molar-refractivity contribution in [2.24, 2.45) is 0 Å². The summed E-state index contributed by atoms with van der Waals surface area (Å²) in [5, 5.41) is 2.13. The number of hydrogen-bond acceptors (Lipinski definition) is 5. The molecule has 0 aliphatic rings. The normalized spacial score (nSPS) is 10.4. The van der Waals surface area contributed by atoms with Crippen LogP contribution in [0.15, 0.2) is 49.1 Å². The Morgan fingerprint density at radius 1 is 1.08 bits per heavy atom. The zero-order chi connectivity index (χ0) is 17.2. The van der Waals surface area contributed by atoms with Crippen LogP contribution in [0.25, 0.3) is 10.8 Å². The summed E-state index contributed by atoms with van der Waals surface area (Å²) in [6.45, 7) is 7.30. The van der Waals surface area contributed by atoms with E-state index in [0.717, 1.165) is 28.3 Å². The molecule has 2 rings (SSSR count). The first-order chi connectivity index (χ1) is 11.7. The summed E-state index contributed by atoms with van der Waals surface area (Å²) in [6, 6.07) is 11.8. The third-order valence-electron chi connectivity index (χ3n) is 3.25. The maximum absolute atomic E-state index is 10.8. The second-order valence-electron chi connectivity index (χ2n) is 4.90. The highest BCUT2D eigenvalue weighted by Crippen LogP contribution is 2.28. The van der Waals surface area contributed by atoms with Gasteiger partial charge in [-0.3, -0.25) is 0 Å². The van der Waals surface area contributed by atoms with Crippen molar-refractivity contribution in [3.8, 4) is 11.5 Å². The van der Waals surface area contributed by atoms with Gasteiger partial charge in [0.05, 0.1) is 19.8 Å². The summed E-state index contributed by atoms with van der Waals surface area (Å²) in [5.74, 6) is 1.20. The van der Waals surface area contributed by atoms with Crippen molar-refractivity contribution in [3.05, 3.63) is 49.1 Å². The van der Waals surface area contributed by atoms with Gasteiger partial charge in [-0.05, 0) is 36.6 Å². The third-order valence-corrected chi connectivity index (χ3v) is 3.25. The number of fused-ring (bicyclic) bond motifs is 1. The van der Waals surface area contributed by atoms with Crippen molar-refractivity contribution in [1.82, 2.24) is 0 Å². The Balaban J connectivity index is 1.77. The molecule has 0 amide bonds. The monoisotopic (exact) mass is 330 g/mol. The van der Waals surface area contributed by atoms with E-state index in [1.165, 1.54) is 0 Å². The maximum atomic E-state index is 10.8. The van der Waals surface area contributed by atoms with Crippen LogP contribution >= 0.6 is 0 Å². The molecule has 128 valence electrons. The van der Waals surface area contributed by atoms with Gasteiger partial charge in [-0.2, -0.15) is 0 Å². The van der Waals surface area contributed by atoms with Gasteiger partial charge >= 0.3 is 5.97 Å². The Hall–Kier alpha value is -2.53. The average Bonchev–Trinajstić information content (AvgIpc) is 2.61. The van der Waals surface area contributed by atoms with Crippen molar-refractivity contribution < 1.29 is 23.7 Å². The number of esters is 1. The lowest BCUT2D eigenvalue weighted by atomic mass is 10.1. The minimum atomic E-state index is -0.447. The molecule has 0 bridgehead atoms. The highest BCUT2D eigenvalue weighted by molar-refractivity contribution is 5.89. The molecule has 2 aromatic rings. The van der Waals surface area contributed by atoms with Crippen molar-refractivity contribution in [2.45, 2.75) is 6.92 Å². The van der Waals surface area contributed by atoms with Crippen molar-refractivity contribution >= 4 is 16.7 Å². The Bertz CT molecular complexity index is 681. The van der Waals surface area contributed by atoms with Gasteiger partial charge in [0.25, 0.3) is 0 Å². The van der Waals surface area contributed by atoms with E-state index in [9.17, 15) is 4.79 Å². The topological polar surface area (TPSA) is 54.0 Å². The van der Waals surface area contributed by atoms with E-state index in [1.807, 2.05) is 43.3 Å². The van der Waals surface area contributed by atoms with E-state index in [4.69, 9.17) is 18.9 Å². The minimum absolute atomic E-state index is 0.209. The molecule has 0 aromatic heterocycles. The Kier molecular flexibility index (Phi) is 7.11. The Morgan fingerprint density at radius 2 is 1.92 bits per heavy atom. The van der Waals surface area contributed by atoms with E-state index in [0.29, 0.717) is 26.4 Å². The van der Waals surface area contributed by atoms with Gasteiger partial charge in [-0.15, -0.1) is 0 Å². The van der Waals surface area contributed by atoms with E-state index in [-0.39, 0.29) is 6.61 Å². The average molecular weight is 330 g/mol. The summed E-state index contributed by atoms with van der Waals surface area (Å²) < 4.78 is 21.4. The first-order valence-corrected chi connectivity index (χ1v) is 7.90. The lowest BCUT2D eigenvalue weighted by molar-refractivity contribution is -0.139. The fourth-order valence-corrected chi connectivity index (χ4v) is 2.18. The second-order valence-corrected chi connectivity index (χ2v) is 4.90. The minimum Gasteiger partial charge on any atom is -0.493 e. The van der Waals surface area contributed by atoms with Gasteiger partial charge in [0, 0.05) is 11.5 Å². The smallest absolute Gasteiger partial charge is 0.330 e. The van der Waals surface area contributed by atoms with Gasteiger partial charge in [-0.1, -0.05) is 18.7 Å². The molecular weight excluding hydrogens is 308 g/mol. The number of hydrogen-bond donors (Lipinski definition) is 0. The standard InChI is InChI=1S/C19H22O5/c1-3-19(20)24-13-11-21-10-12-23-16-8-9-17-15(14-16)6-5-7-18(17)22-4-2/h3,5-9,14H,1,4,10-13H2,2H3. The molecule has 24 heavy (non-hydrogen) atoms. The van der Waals surface area contributed by atoms with Gasteiger partial charge in [0.1, 0.15) is 24.7 Å². The van der Waals surface area contributed by atoms with Gasteiger partial charge in [-0.25, -0.2) is 4.79 Å². The number of ether oxygens (including phenoxy) is 4. The molecule has 2 aromatic carbocycles. The first kappa shape index (κ1) is 17.8. The Morgan fingerprint density at radius 3 is 2.71 bits per heavy atom. The Labute approximate surface area is 141 Å². The van der Waals surface area contributed by atoms with Crippen LogP contribution < -0.4 is 9.47 Å². The molecule has 0 unspecified atom stereocenters. The molecule has 5 heteroatoms. The van der Waals surface area contributed by atoms with Gasteiger partial charge < -0.3 is 18.9 Å². The highest BCUT2D eigenvalue weighted by Gasteiger charge is 2.03. The quantitative estimate of drug-likeness (QED) is 0.380. The fourth-order valence-electron chi connectivity index (χ4n) is 2.18. The highest BCUT2D eigenvalue weighted by atomic mass is 16.6. The van der Waals surface area contributed by atoms with E-state index < -0.39 is 5.97 Å². The molecule has 0 fully saturated rings. The van der Waals surface area contributed by atoms with Crippen LogP contribution in [-0.4, -0.2) is 39.0 Å². The molecule has 0 N–H and O–H groups in total. The molecule has 0 heterocycles. The maximum Gasteiger partial charge on any atom is 0.330 e. The van der Waals surface area contributed by atoms with Crippen LogP contribution in [0.5, 0.6) is 11.5 Å². The fraction of sp³-hybridized carbons (Fsp3) is 0.316. The van der Waals surface area contributed by atoms with Crippen molar-refractivity contribution in [2.75, 3.05) is 33.0 Å². The van der Waals surface area contributed by atoms with Gasteiger partial charge in [0.2, 0.25) is 0 Å². The molecule has 0 aliphatic heterocycles. The molecule has 0 spiro atoms. The van der Waals surface area contributed by atoms with E-state index >= 15 is 0 Å². The summed E-state index contributed by atoms with van der Waals surface area (Å²) in [7, 11) is 0. The number of rotatable bonds is 10. The van der Waals surface area contributed by atoms with E-state index in [1.54, 1.807) is 0 Å². The van der Waals surface area contributed by atoms with Crippen LogP contribution in [0.1, 0.15) is 6.92 Å². The predicted molar refractivity (Wildman–Crippen MR) is 92.6 cm³/mol. The summed E-state index contributed by atoms with van der Waals surface area (Å²) in [6.07, 6.45) is 1.12. The molecule has 0 aliphatic carbocycles. The van der Waals surface area contributed by atoms with E-state index in [2.05, 4.69) is 6.58 Å². The van der Waals surface area contributed by atoms with Crippen LogP contribution in [0, 0.1) is 0 Å². The zero-order valence-corrected chi connectivity index (χ0v) is 13.8. The number of benzene rings is 2. The first-order valence-electron chi connectivity index (χ1n) is 7.90. The van der Waals surface area contributed by atoms with Gasteiger partial charge in [0.15, 0.2) is 0 Å². The molecular formula is C19H22O5. The van der Waals surface area contributed by atoms with Crippen molar-refractivity contribution in [1.29, 1.82) is 0 Å². The van der Waals surface area contributed by atoms with Crippen LogP contribution in [0.4, 0.5) is 0 Å². The second kappa shape index (κ2) is 9.57. The largest absolute Gasteiger partial charge is 0.493 e. The molecule has 0 saturated carbocycles. The lowest BCUT2D eigenvalue weighted by Crippen LogP contribution is -2.12. The number of carbonyl (C=O) groups is 1. The van der Waals surface area contributed by atoms with Crippen LogP contribution in [0.3, 0.4) is 0 Å². The van der Waals surface area contributed by atoms with Crippen molar-refractivity contribution in [3.63, 3.8) is 0 Å². The third kappa shape index (κ3) is 5.28. The number of carbonyl (C=O) groups excluding carboxylic acids is 1. The van der Waals surface area contributed by atoms with Crippen LogP contribution in [-0.2, 0) is 14.3 Å². The zero-order valence-electron chi connectivity index (χ0n) is 13.8. The summed E-state index contributed by atoms with van der Waals surface area (Å²) in [5.41, 5.74) is 0. The molecule has 5 nitrogen and oxygen atoms in total. The molecule has 0 saturated heterocycles.